The summed E-state index contributed by atoms with van der Waals surface area (Å²) in [4.78, 5) is 44.7. The van der Waals surface area contributed by atoms with Gasteiger partial charge in [-0.15, -0.1) is 0 Å². The molecule has 242 valence electrons. The first-order chi connectivity index (χ1) is 20.2. The van der Waals surface area contributed by atoms with Crippen LogP contribution in [0, 0.1) is 0 Å². The molecule has 0 amide bonds. The summed E-state index contributed by atoms with van der Waals surface area (Å²) in [7, 11) is 5.76. The Kier molecular flexibility index (Phi) is 17.6. The minimum Gasteiger partial charge on any atom is -0.461 e. The number of fused-ring (bicyclic) bond motifs is 1. The predicted octanol–water partition coefficient (Wildman–Crippen LogP) is 6.19. The van der Waals surface area contributed by atoms with E-state index < -0.39 is 0 Å². The number of nitrogens with zero attached hydrogens (tertiary/aromatic N) is 4. The SMILES string of the molecule is CCCCCCCCCCCCN(C)CC(CCCCCCCCCN1CN(C)c2c1n(C)c(=O)[nH]c2=O)OC(C)=O. The lowest BCUT2D eigenvalue weighted by molar-refractivity contribution is -0.147. The number of anilines is 2. The van der Waals surface area contributed by atoms with E-state index in [-0.39, 0.29) is 23.3 Å². The highest BCUT2D eigenvalue weighted by Gasteiger charge is 2.29. The Bertz CT molecular complexity index is 1010. The molecule has 0 fully saturated rings. The number of nitrogens with one attached hydrogen (secondary N) is 1. The molecule has 2 rings (SSSR count). The smallest absolute Gasteiger partial charge is 0.329 e. The fourth-order valence-electron chi connectivity index (χ4n) is 6.16. The van der Waals surface area contributed by atoms with Crippen molar-refractivity contribution in [2.24, 2.45) is 7.05 Å². The second-order valence-electron chi connectivity index (χ2n) is 12.5. The van der Waals surface area contributed by atoms with Crippen LogP contribution in [0.25, 0.3) is 0 Å². The molecule has 1 aromatic rings. The molecule has 2 heterocycles. The molecule has 1 atom stereocenters. The van der Waals surface area contributed by atoms with Crippen molar-refractivity contribution in [3.63, 3.8) is 0 Å². The van der Waals surface area contributed by atoms with E-state index in [1.54, 1.807) is 11.6 Å². The molecule has 1 aromatic heterocycles. The van der Waals surface area contributed by atoms with Gasteiger partial charge >= 0.3 is 11.7 Å². The van der Waals surface area contributed by atoms with Crippen LogP contribution in [0.15, 0.2) is 9.59 Å². The first-order valence-corrected chi connectivity index (χ1v) is 16.9. The summed E-state index contributed by atoms with van der Waals surface area (Å²) in [5, 5.41) is 0. The molecule has 0 aliphatic carbocycles. The first-order valence-electron chi connectivity index (χ1n) is 16.9. The maximum absolute atomic E-state index is 12.2. The third-order valence-electron chi connectivity index (χ3n) is 8.53. The molecule has 9 heteroatoms. The van der Waals surface area contributed by atoms with Crippen LogP contribution in [-0.2, 0) is 16.6 Å². The summed E-state index contributed by atoms with van der Waals surface area (Å²) in [6, 6.07) is 0. The van der Waals surface area contributed by atoms with E-state index in [0.29, 0.717) is 12.4 Å². The van der Waals surface area contributed by atoms with Gasteiger partial charge in [0.15, 0.2) is 0 Å². The van der Waals surface area contributed by atoms with Gasteiger partial charge < -0.3 is 19.4 Å². The standard InChI is InChI=1S/C33H61N5O4/c1-6-7-8-9-10-11-12-15-18-21-24-35(3)26-29(42-28(2)39)23-20-17-14-13-16-19-22-25-38-27-36(4)30-31(40)34-33(41)37(5)32(30)38/h29H,6-27H2,1-5H3,(H,34,40,41). The number of aromatic nitrogens is 2. The zero-order valence-corrected chi connectivity index (χ0v) is 27.6. The predicted molar refractivity (Wildman–Crippen MR) is 175 cm³/mol. The van der Waals surface area contributed by atoms with Crippen molar-refractivity contribution in [3.8, 4) is 0 Å². The number of hydrogen-bond donors (Lipinski definition) is 1. The topological polar surface area (TPSA) is 90.9 Å². The maximum Gasteiger partial charge on any atom is 0.329 e. The van der Waals surface area contributed by atoms with Gasteiger partial charge in [-0.3, -0.25) is 19.1 Å². The quantitative estimate of drug-likeness (QED) is 0.113. The van der Waals surface area contributed by atoms with E-state index in [9.17, 15) is 14.4 Å². The number of carbonyl (C=O) groups excluding carboxylic acids is 1. The zero-order valence-electron chi connectivity index (χ0n) is 27.6. The van der Waals surface area contributed by atoms with Gasteiger partial charge in [-0.1, -0.05) is 96.8 Å². The van der Waals surface area contributed by atoms with Gasteiger partial charge in [0.1, 0.15) is 17.6 Å². The number of rotatable bonds is 24. The molecular weight excluding hydrogens is 530 g/mol. The van der Waals surface area contributed by atoms with Crippen molar-refractivity contribution < 1.29 is 9.53 Å². The molecule has 0 bridgehead atoms. The van der Waals surface area contributed by atoms with E-state index in [1.165, 1.54) is 90.4 Å². The van der Waals surface area contributed by atoms with Gasteiger partial charge in [-0.25, -0.2) is 4.79 Å². The number of hydrogen-bond acceptors (Lipinski definition) is 7. The average Bonchev–Trinajstić information content (AvgIpc) is 3.27. The van der Waals surface area contributed by atoms with Gasteiger partial charge in [-0.05, 0) is 39.3 Å². The van der Waals surface area contributed by atoms with Gasteiger partial charge in [0, 0.05) is 34.1 Å². The molecule has 0 spiro atoms. The Hall–Kier alpha value is -2.29. The van der Waals surface area contributed by atoms with E-state index in [1.807, 2.05) is 11.9 Å². The third-order valence-corrected chi connectivity index (χ3v) is 8.53. The lowest BCUT2D eigenvalue weighted by Crippen LogP contribution is -2.33. The van der Waals surface area contributed by atoms with Crippen molar-refractivity contribution in [3.05, 3.63) is 20.8 Å². The van der Waals surface area contributed by atoms with Gasteiger partial charge in [-0.2, -0.15) is 0 Å². The molecule has 0 aromatic carbocycles. The number of carbonyl (C=O) groups is 1. The summed E-state index contributed by atoms with van der Waals surface area (Å²) in [6.07, 6.45) is 22.4. The van der Waals surface area contributed by atoms with Crippen LogP contribution in [0.5, 0.6) is 0 Å². The number of ether oxygens (including phenoxy) is 1. The first kappa shape index (κ1) is 35.9. The summed E-state index contributed by atoms with van der Waals surface area (Å²) >= 11 is 0. The largest absolute Gasteiger partial charge is 0.461 e. The Labute approximate surface area is 255 Å². The molecule has 0 saturated heterocycles. The van der Waals surface area contributed by atoms with Crippen LogP contribution in [0.1, 0.15) is 129 Å². The van der Waals surface area contributed by atoms with Gasteiger partial charge in [0.2, 0.25) is 0 Å². The maximum atomic E-state index is 12.2. The second kappa shape index (κ2) is 20.6. The van der Waals surface area contributed by atoms with Crippen LogP contribution in [0.4, 0.5) is 11.5 Å². The molecule has 0 radical (unpaired) electrons. The Morgan fingerprint density at radius 1 is 0.857 bits per heavy atom. The number of H-pyrrole nitrogens is 1. The second-order valence-corrected chi connectivity index (χ2v) is 12.5. The van der Waals surface area contributed by atoms with Crippen LogP contribution in [0.3, 0.4) is 0 Å². The zero-order chi connectivity index (χ0) is 30.7. The highest BCUT2D eigenvalue weighted by Crippen LogP contribution is 2.29. The Morgan fingerprint density at radius 3 is 2.00 bits per heavy atom. The molecule has 0 saturated carbocycles. The third kappa shape index (κ3) is 13.3. The van der Waals surface area contributed by atoms with Crippen LogP contribution in [-0.4, -0.2) is 66.9 Å². The molecule has 1 unspecified atom stereocenters. The average molecular weight is 592 g/mol. The lowest BCUT2D eigenvalue weighted by atomic mass is 10.1. The van der Waals surface area contributed by atoms with Crippen molar-refractivity contribution >= 4 is 17.5 Å². The van der Waals surface area contributed by atoms with E-state index >= 15 is 0 Å². The molecule has 1 N–H and O–H groups in total. The van der Waals surface area contributed by atoms with Crippen molar-refractivity contribution in [1.29, 1.82) is 0 Å². The van der Waals surface area contributed by atoms with Gasteiger partial charge in [0.05, 0.1) is 6.67 Å². The molecule has 42 heavy (non-hydrogen) atoms. The number of likely N-dealkylation sites (N-methyl/N-ethyl adjacent to an activating group) is 1. The highest BCUT2D eigenvalue weighted by atomic mass is 16.5. The molecule has 1 aliphatic rings. The number of esters is 1. The van der Waals surface area contributed by atoms with Crippen molar-refractivity contribution in [1.82, 2.24) is 14.5 Å². The summed E-state index contributed by atoms with van der Waals surface area (Å²) in [5.41, 5.74) is -0.0976. The Morgan fingerprint density at radius 2 is 1.40 bits per heavy atom. The van der Waals surface area contributed by atoms with E-state index in [0.717, 1.165) is 57.6 Å². The van der Waals surface area contributed by atoms with E-state index in [2.05, 4.69) is 28.8 Å². The summed E-state index contributed by atoms with van der Waals surface area (Å²) < 4.78 is 7.19. The highest BCUT2D eigenvalue weighted by molar-refractivity contribution is 5.71. The normalized spacial score (nSPS) is 13.7. The molecule has 9 nitrogen and oxygen atoms in total. The summed E-state index contributed by atoms with van der Waals surface area (Å²) in [6.45, 7) is 7.15. The lowest BCUT2D eigenvalue weighted by Gasteiger charge is -2.24. The fraction of sp³-hybridized carbons (Fsp3) is 0.848. The monoisotopic (exact) mass is 591 g/mol. The number of aromatic amines is 1. The van der Waals surface area contributed by atoms with Crippen LogP contribution >= 0.6 is 0 Å². The minimum absolute atomic E-state index is 0.0136. The van der Waals surface area contributed by atoms with Crippen LogP contribution < -0.4 is 21.0 Å². The Balaban J connectivity index is 1.53. The summed E-state index contributed by atoms with van der Waals surface area (Å²) in [5.74, 6) is 0.548. The fourth-order valence-corrected chi connectivity index (χ4v) is 6.16. The molecule has 1 aliphatic heterocycles. The minimum atomic E-state index is -0.365. The van der Waals surface area contributed by atoms with Crippen LogP contribution in [0.2, 0.25) is 0 Å². The molecular formula is C33H61N5O4. The van der Waals surface area contributed by atoms with Gasteiger partial charge in [0.25, 0.3) is 5.56 Å². The van der Waals surface area contributed by atoms with E-state index in [4.69, 9.17) is 4.74 Å². The number of unbranched alkanes of at least 4 members (excludes halogenated alkanes) is 15. The van der Waals surface area contributed by atoms with Crippen molar-refractivity contribution in [2.45, 2.75) is 136 Å². The van der Waals surface area contributed by atoms with Crippen molar-refractivity contribution in [2.75, 3.05) is 50.2 Å².